The van der Waals surface area contributed by atoms with Crippen molar-refractivity contribution in [1.82, 2.24) is 10.2 Å². The van der Waals surface area contributed by atoms with Crippen molar-refractivity contribution in [3.05, 3.63) is 0 Å². The van der Waals surface area contributed by atoms with Gasteiger partial charge in [0, 0.05) is 6.54 Å². The molecule has 0 aromatic carbocycles. The predicted octanol–water partition coefficient (Wildman–Crippen LogP) is 1.30. The molecule has 0 radical (unpaired) electrons. The molecule has 2 aliphatic rings. The summed E-state index contributed by atoms with van der Waals surface area (Å²) in [4.78, 5) is 26.1. The smallest absolute Gasteiger partial charge is 0.245 e. The second-order valence-electron chi connectivity index (χ2n) is 5.67. The zero-order chi connectivity index (χ0) is 12.6. The Morgan fingerprint density at radius 2 is 1.94 bits per heavy atom. The molecule has 1 saturated heterocycles. The molecule has 0 aromatic rings. The molecule has 1 aliphatic heterocycles. The summed E-state index contributed by atoms with van der Waals surface area (Å²) in [5.74, 6) is 0.121. The van der Waals surface area contributed by atoms with Crippen molar-refractivity contribution in [1.29, 1.82) is 0 Å². The van der Waals surface area contributed by atoms with E-state index >= 15 is 0 Å². The number of hydrogen-bond acceptors (Lipinski definition) is 2. The van der Waals surface area contributed by atoms with E-state index in [1.54, 1.807) is 0 Å². The maximum atomic E-state index is 12.3. The van der Waals surface area contributed by atoms with Gasteiger partial charge in [-0.3, -0.25) is 9.59 Å². The average Bonchev–Trinajstić information content (AvgIpc) is 3.01. The van der Waals surface area contributed by atoms with Gasteiger partial charge in [0.25, 0.3) is 0 Å². The van der Waals surface area contributed by atoms with Crippen LogP contribution in [0.15, 0.2) is 0 Å². The van der Waals surface area contributed by atoms with E-state index in [-0.39, 0.29) is 29.3 Å². The van der Waals surface area contributed by atoms with Gasteiger partial charge in [0.2, 0.25) is 11.8 Å². The number of amides is 2. The molecule has 17 heavy (non-hydrogen) atoms. The minimum Gasteiger partial charge on any atom is -0.343 e. The number of rotatable bonds is 4. The van der Waals surface area contributed by atoms with Gasteiger partial charge in [-0.25, -0.2) is 0 Å². The van der Waals surface area contributed by atoms with E-state index in [1.165, 1.54) is 12.8 Å². The van der Waals surface area contributed by atoms with Gasteiger partial charge >= 0.3 is 0 Å². The van der Waals surface area contributed by atoms with E-state index in [9.17, 15) is 9.59 Å². The molecule has 2 unspecified atom stereocenters. The third-order valence-electron chi connectivity index (χ3n) is 4.03. The summed E-state index contributed by atoms with van der Waals surface area (Å²) in [6.07, 6.45) is 3.72. The van der Waals surface area contributed by atoms with Crippen LogP contribution < -0.4 is 5.32 Å². The van der Waals surface area contributed by atoms with Crippen LogP contribution in [-0.2, 0) is 9.59 Å². The molecule has 1 N–H and O–H groups in total. The molecule has 0 spiro atoms. The lowest BCUT2D eigenvalue weighted by Gasteiger charge is -2.39. The highest BCUT2D eigenvalue weighted by molar-refractivity contribution is 5.96. The first-order chi connectivity index (χ1) is 8.00. The first kappa shape index (κ1) is 12.4. The van der Waals surface area contributed by atoms with Crippen molar-refractivity contribution in [2.75, 3.05) is 6.54 Å². The molecule has 2 rings (SSSR count). The summed E-state index contributed by atoms with van der Waals surface area (Å²) >= 11 is 0. The van der Waals surface area contributed by atoms with Gasteiger partial charge in [0.1, 0.15) is 12.1 Å². The molecule has 1 heterocycles. The Hall–Kier alpha value is -1.06. The Labute approximate surface area is 103 Å². The summed E-state index contributed by atoms with van der Waals surface area (Å²) in [5, 5.41) is 2.82. The molecule has 4 heteroatoms. The molecular weight excluding hydrogens is 216 g/mol. The Balaban J connectivity index is 2.16. The summed E-state index contributed by atoms with van der Waals surface area (Å²) in [6, 6.07) is -0.574. The normalized spacial score (nSPS) is 31.4. The molecule has 1 aliphatic carbocycles. The molecule has 2 amide bonds. The minimum absolute atomic E-state index is 0.0169. The highest BCUT2D eigenvalue weighted by Crippen LogP contribution is 2.46. The highest BCUT2D eigenvalue weighted by atomic mass is 16.2. The van der Waals surface area contributed by atoms with E-state index in [2.05, 4.69) is 12.2 Å². The Bertz CT molecular complexity index is 336. The quantitative estimate of drug-likeness (QED) is 0.802. The molecule has 4 nitrogen and oxygen atoms in total. The Kier molecular flexibility index (Phi) is 3.15. The number of piperazine rings is 1. The fraction of sp³-hybridized carbons (Fsp3) is 0.846. The first-order valence-corrected chi connectivity index (χ1v) is 6.61. The monoisotopic (exact) mass is 238 g/mol. The van der Waals surface area contributed by atoms with Gasteiger partial charge in [-0.05, 0) is 31.1 Å². The minimum atomic E-state index is -0.312. The molecule has 1 saturated carbocycles. The molecular formula is C13H22N2O2. The number of carbonyl (C=O) groups is 2. The Morgan fingerprint density at radius 3 is 2.41 bits per heavy atom. The van der Waals surface area contributed by atoms with Crippen LogP contribution in [-0.4, -0.2) is 35.3 Å². The highest BCUT2D eigenvalue weighted by Gasteiger charge is 2.46. The van der Waals surface area contributed by atoms with E-state index in [4.69, 9.17) is 0 Å². The fourth-order valence-electron chi connectivity index (χ4n) is 2.48. The van der Waals surface area contributed by atoms with E-state index in [0.717, 1.165) is 6.54 Å². The number of hydrogen-bond donors (Lipinski definition) is 1. The van der Waals surface area contributed by atoms with Crippen LogP contribution >= 0.6 is 0 Å². The van der Waals surface area contributed by atoms with Crippen LogP contribution in [0, 0.1) is 5.41 Å². The zero-order valence-electron chi connectivity index (χ0n) is 11.0. The largest absolute Gasteiger partial charge is 0.343 e. The van der Waals surface area contributed by atoms with Crippen molar-refractivity contribution in [2.45, 2.75) is 58.5 Å². The standard InChI is InChI=1S/C13H22N2O2/c1-4-9-12(17)15(8-13(3)6-7-13)10(5-2)11(16)14-9/h9-10H,4-8H2,1-3H3,(H,14,16). The van der Waals surface area contributed by atoms with Crippen molar-refractivity contribution in [2.24, 2.45) is 5.41 Å². The molecule has 2 fully saturated rings. The van der Waals surface area contributed by atoms with Crippen molar-refractivity contribution >= 4 is 11.8 Å². The van der Waals surface area contributed by atoms with E-state index < -0.39 is 0 Å². The lowest BCUT2D eigenvalue weighted by atomic mass is 10.00. The van der Waals surface area contributed by atoms with Gasteiger partial charge in [-0.1, -0.05) is 20.8 Å². The van der Waals surface area contributed by atoms with Crippen LogP contribution in [0.2, 0.25) is 0 Å². The second-order valence-corrected chi connectivity index (χ2v) is 5.67. The number of nitrogens with zero attached hydrogens (tertiary/aromatic N) is 1. The number of nitrogens with one attached hydrogen (secondary N) is 1. The van der Waals surface area contributed by atoms with E-state index in [1.807, 2.05) is 18.7 Å². The third kappa shape index (κ3) is 2.31. The second kappa shape index (κ2) is 4.31. The van der Waals surface area contributed by atoms with Gasteiger partial charge in [0.15, 0.2) is 0 Å². The van der Waals surface area contributed by atoms with Crippen LogP contribution in [0.25, 0.3) is 0 Å². The maximum absolute atomic E-state index is 12.3. The molecule has 2 atom stereocenters. The summed E-state index contributed by atoms with van der Waals surface area (Å²) in [5.41, 5.74) is 0.263. The van der Waals surface area contributed by atoms with Crippen LogP contribution in [0.4, 0.5) is 0 Å². The topological polar surface area (TPSA) is 49.4 Å². The lowest BCUT2D eigenvalue weighted by molar-refractivity contribution is -0.150. The molecule has 96 valence electrons. The lowest BCUT2D eigenvalue weighted by Crippen LogP contribution is -2.63. The van der Waals surface area contributed by atoms with Gasteiger partial charge in [-0.2, -0.15) is 0 Å². The zero-order valence-corrected chi connectivity index (χ0v) is 11.0. The van der Waals surface area contributed by atoms with Crippen molar-refractivity contribution < 1.29 is 9.59 Å². The summed E-state index contributed by atoms with van der Waals surface area (Å²) in [7, 11) is 0. The molecule has 0 aromatic heterocycles. The van der Waals surface area contributed by atoms with Gasteiger partial charge < -0.3 is 10.2 Å². The van der Waals surface area contributed by atoms with Gasteiger partial charge in [-0.15, -0.1) is 0 Å². The summed E-state index contributed by atoms with van der Waals surface area (Å²) in [6.45, 7) is 6.84. The SMILES string of the molecule is CCC1NC(=O)C(CC)N(CC2(C)CC2)C1=O. The molecule has 0 bridgehead atoms. The third-order valence-corrected chi connectivity index (χ3v) is 4.03. The van der Waals surface area contributed by atoms with Crippen molar-refractivity contribution in [3.8, 4) is 0 Å². The average molecular weight is 238 g/mol. The predicted molar refractivity (Wildman–Crippen MR) is 65.4 cm³/mol. The Morgan fingerprint density at radius 1 is 1.29 bits per heavy atom. The van der Waals surface area contributed by atoms with Crippen LogP contribution in [0.1, 0.15) is 46.5 Å². The van der Waals surface area contributed by atoms with E-state index in [0.29, 0.717) is 12.8 Å². The number of carbonyl (C=O) groups excluding carboxylic acids is 2. The van der Waals surface area contributed by atoms with Crippen molar-refractivity contribution in [3.63, 3.8) is 0 Å². The fourth-order valence-corrected chi connectivity index (χ4v) is 2.48. The maximum Gasteiger partial charge on any atom is 0.245 e. The summed E-state index contributed by atoms with van der Waals surface area (Å²) < 4.78 is 0. The van der Waals surface area contributed by atoms with Crippen LogP contribution in [0.5, 0.6) is 0 Å². The van der Waals surface area contributed by atoms with Gasteiger partial charge in [0.05, 0.1) is 0 Å². The van der Waals surface area contributed by atoms with Crippen LogP contribution in [0.3, 0.4) is 0 Å². The first-order valence-electron chi connectivity index (χ1n) is 6.61.